The lowest BCUT2D eigenvalue weighted by atomic mass is 10.0. The molecule has 122 valence electrons. The molecule has 3 rings (SSSR count). The molecule has 0 radical (unpaired) electrons. The fraction of sp³-hybridized carbons (Fsp3) is 0.267. The van der Waals surface area contributed by atoms with Crippen LogP contribution in [0.15, 0.2) is 47.6 Å². The van der Waals surface area contributed by atoms with Crippen LogP contribution < -0.4 is 0 Å². The van der Waals surface area contributed by atoms with Crippen molar-refractivity contribution in [3.05, 3.63) is 59.9 Å². The molecular formula is C15H14F2N2O3S. The molecule has 2 heterocycles. The van der Waals surface area contributed by atoms with Gasteiger partial charge in [-0.25, -0.2) is 17.2 Å². The number of hydrogen-bond acceptors (Lipinski definition) is 4. The Labute approximate surface area is 132 Å². The normalized spacial score (nSPS) is 22.4. The first-order valence-electron chi connectivity index (χ1n) is 6.94. The maximum atomic E-state index is 13.5. The van der Waals surface area contributed by atoms with Gasteiger partial charge in [-0.05, 0) is 36.2 Å². The lowest BCUT2D eigenvalue weighted by molar-refractivity contribution is 0.188. The van der Waals surface area contributed by atoms with Gasteiger partial charge in [0.1, 0.15) is 4.90 Å². The van der Waals surface area contributed by atoms with Gasteiger partial charge in [-0.3, -0.25) is 4.98 Å². The zero-order valence-electron chi connectivity index (χ0n) is 11.9. The summed E-state index contributed by atoms with van der Waals surface area (Å²) in [6.45, 7) is -0.110. The van der Waals surface area contributed by atoms with E-state index in [1.807, 2.05) is 0 Å². The summed E-state index contributed by atoms with van der Waals surface area (Å²) in [7, 11) is -3.90. The van der Waals surface area contributed by atoms with Gasteiger partial charge in [-0.15, -0.1) is 0 Å². The fourth-order valence-corrected chi connectivity index (χ4v) is 4.33. The Kier molecular flexibility index (Phi) is 4.13. The van der Waals surface area contributed by atoms with E-state index < -0.39 is 33.8 Å². The van der Waals surface area contributed by atoms with Gasteiger partial charge in [-0.2, -0.15) is 4.31 Å². The Morgan fingerprint density at radius 3 is 2.65 bits per heavy atom. The van der Waals surface area contributed by atoms with Crippen LogP contribution in [0.5, 0.6) is 0 Å². The van der Waals surface area contributed by atoms with Crippen molar-refractivity contribution in [2.45, 2.75) is 23.5 Å². The molecule has 23 heavy (non-hydrogen) atoms. The summed E-state index contributed by atoms with van der Waals surface area (Å²) in [4.78, 5) is 3.77. The highest BCUT2D eigenvalue weighted by Gasteiger charge is 2.40. The number of aliphatic hydroxyl groups is 1. The number of pyridine rings is 1. The van der Waals surface area contributed by atoms with Gasteiger partial charge >= 0.3 is 0 Å². The summed E-state index contributed by atoms with van der Waals surface area (Å²) >= 11 is 0. The zero-order valence-corrected chi connectivity index (χ0v) is 12.7. The molecule has 0 saturated carbocycles. The van der Waals surface area contributed by atoms with Gasteiger partial charge in [0.25, 0.3) is 0 Å². The van der Waals surface area contributed by atoms with E-state index >= 15 is 0 Å². The summed E-state index contributed by atoms with van der Waals surface area (Å²) in [6.07, 6.45) is 1.90. The summed E-state index contributed by atoms with van der Waals surface area (Å²) < 4.78 is 53.1. The minimum absolute atomic E-state index is 0.0123. The van der Waals surface area contributed by atoms with Crippen LogP contribution in [0, 0.1) is 11.6 Å². The van der Waals surface area contributed by atoms with E-state index in [0.717, 1.165) is 16.4 Å². The van der Waals surface area contributed by atoms with Crippen molar-refractivity contribution < 1.29 is 22.3 Å². The molecule has 1 fully saturated rings. The maximum absolute atomic E-state index is 13.5. The average Bonchev–Trinajstić information content (AvgIpc) is 2.94. The Hall–Kier alpha value is -1.90. The highest BCUT2D eigenvalue weighted by atomic mass is 32.2. The Balaban J connectivity index is 2.01. The van der Waals surface area contributed by atoms with E-state index in [1.165, 1.54) is 30.6 Å². The third-order valence-electron chi connectivity index (χ3n) is 3.80. The third kappa shape index (κ3) is 2.97. The van der Waals surface area contributed by atoms with Crippen molar-refractivity contribution in [2.75, 3.05) is 6.54 Å². The summed E-state index contributed by atoms with van der Waals surface area (Å²) in [6, 6.07) is 5.37. The summed E-state index contributed by atoms with van der Waals surface area (Å²) in [5.74, 6) is -2.06. The smallest absolute Gasteiger partial charge is 0.245 e. The first-order chi connectivity index (χ1) is 10.9. The number of benzene rings is 1. The zero-order chi connectivity index (χ0) is 16.6. The number of nitrogens with zero attached hydrogens (tertiary/aromatic N) is 2. The summed E-state index contributed by atoms with van der Waals surface area (Å²) in [5, 5.41) is 9.88. The molecule has 1 aromatic carbocycles. The van der Waals surface area contributed by atoms with Gasteiger partial charge in [0.2, 0.25) is 10.0 Å². The van der Waals surface area contributed by atoms with Crippen LogP contribution in [0.25, 0.3) is 0 Å². The number of sulfonamides is 1. The highest BCUT2D eigenvalue weighted by molar-refractivity contribution is 7.89. The second-order valence-corrected chi connectivity index (χ2v) is 7.23. The monoisotopic (exact) mass is 340 g/mol. The molecule has 1 aliphatic heterocycles. The molecule has 2 aromatic rings. The minimum atomic E-state index is -3.90. The van der Waals surface area contributed by atoms with Crippen LogP contribution in [0.4, 0.5) is 8.78 Å². The second kappa shape index (κ2) is 5.95. The molecule has 2 unspecified atom stereocenters. The quantitative estimate of drug-likeness (QED) is 0.926. The molecule has 0 amide bonds. The number of hydrogen-bond donors (Lipinski definition) is 1. The SMILES string of the molecule is O=S(=O)(c1cccnc1)N1CC(O)CC1c1ccc(F)c(F)c1. The third-order valence-corrected chi connectivity index (χ3v) is 5.66. The lowest BCUT2D eigenvalue weighted by Crippen LogP contribution is -2.32. The van der Waals surface area contributed by atoms with Crippen molar-refractivity contribution in [1.82, 2.24) is 9.29 Å². The maximum Gasteiger partial charge on any atom is 0.245 e. The minimum Gasteiger partial charge on any atom is -0.392 e. The fourth-order valence-electron chi connectivity index (χ4n) is 2.71. The van der Waals surface area contributed by atoms with Crippen molar-refractivity contribution in [2.24, 2.45) is 0 Å². The predicted octanol–water partition coefficient (Wildman–Crippen LogP) is 1.86. The van der Waals surface area contributed by atoms with Crippen LogP contribution in [0.2, 0.25) is 0 Å². The van der Waals surface area contributed by atoms with E-state index in [1.54, 1.807) is 0 Å². The number of aliphatic hydroxyl groups excluding tert-OH is 1. The van der Waals surface area contributed by atoms with E-state index in [-0.39, 0.29) is 17.9 Å². The number of rotatable bonds is 3. The Morgan fingerprint density at radius 2 is 2.00 bits per heavy atom. The Morgan fingerprint density at radius 1 is 1.22 bits per heavy atom. The first kappa shape index (κ1) is 16.0. The van der Waals surface area contributed by atoms with Crippen LogP contribution in [0.1, 0.15) is 18.0 Å². The summed E-state index contributed by atoms with van der Waals surface area (Å²) in [5.41, 5.74) is 0.299. The predicted molar refractivity (Wildman–Crippen MR) is 77.9 cm³/mol. The van der Waals surface area contributed by atoms with E-state index in [2.05, 4.69) is 4.98 Å². The van der Waals surface area contributed by atoms with Gasteiger partial charge in [0.05, 0.1) is 12.1 Å². The largest absolute Gasteiger partial charge is 0.392 e. The van der Waals surface area contributed by atoms with E-state index in [9.17, 15) is 22.3 Å². The van der Waals surface area contributed by atoms with Gasteiger partial charge < -0.3 is 5.11 Å². The van der Waals surface area contributed by atoms with Crippen LogP contribution in [-0.4, -0.2) is 35.5 Å². The van der Waals surface area contributed by atoms with Crippen molar-refractivity contribution in [3.8, 4) is 0 Å². The molecule has 0 bridgehead atoms. The number of halogens is 2. The van der Waals surface area contributed by atoms with Gasteiger partial charge in [0, 0.05) is 18.9 Å². The molecule has 0 aliphatic carbocycles. The highest BCUT2D eigenvalue weighted by Crippen LogP contribution is 2.36. The van der Waals surface area contributed by atoms with Crippen molar-refractivity contribution in [3.63, 3.8) is 0 Å². The van der Waals surface area contributed by atoms with Crippen LogP contribution in [-0.2, 0) is 10.0 Å². The van der Waals surface area contributed by atoms with E-state index in [4.69, 9.17) is 0 Å². The second-order valence-electron chi connectivity index (χ2n) is 5.34. The number of aromatic nitrogens is 1. The van der Waals surface area contributed by atoms with Gasteiger partial charge in [-0.1, -0.05) is 6.07 Å². The molecule has 1 saturated heterocycles. The standard InChI is InChI=1S/C15H14F2N2O3S/c16-13-4-3-10(6-14(13)17)15-7-11(20)9-19(15)23(21,22)12-2-1-5-18-8-12/h1-6,8,11,15,20H,7,9H2. The van der Waals surface area contributed by atoms with Crippen molar-refractivity contribution >= 4 is 10.0 Å². The molecule has 5 nitrogen and oxygen atoms in total. The number of β-amino-alcohol motifs (C(OH)–C–C–N with tert-alkyl or cyclic N) is 1. The topological polar surface area (TPSA) is 70.5 Å². The molecule has 8 heteroatoms. The van der Waals surface area contributed by atoms with Crippen LogP contribution >= 0.6 is 0 Å². The van der Waals surface area contributed by atoms with Crippen LogP contribution in [0.3, 0.4) is 0 Å². The molecule has 1 aliphatic rings. The molecule has 2 atom stereocenters. The first-order valence-corrected chi connectivity index (χ1v) is 8.38. The average molecular weight is 340 g/mol. The Bertz CT molecular complexity index is 815. The van der Waals surface area contributed by atoms with Crippen molar-refractivity contribution in [1.29, 1.82) is 0 Å². The molecule has 1 aromatic heterocycles. The molecular weight excluding hydrogens is 326 g/mol. The molecule has 1 N–H and O–H groups in total. The lowest BCUT2D eigenvalue weighted by Gasteiger charge is -2.24. The van der Waals surface area contributed by atoms with E-state index in [0.29, 0.717) is 5.56 Å². The van der Waals surface area contributed by atoms with Gasteiger partial charge in [0.15, 0.2) is 11.6 Å². The molecule has 0 spiro atoms.